The van der Waals surface area contributed by atoms with Crippen LogP contribution in [0.2, 0.25) is 0 Å². The molecule has 2 unspecified atom stereocenters. The molecule has 0 radical (unpaired) electrons. The maximum absolute atomic E-state index is 13.1. The fourth-order valence-corrected chi connectivity index (χ4v) is 4.76. The second kappa shape index (κ2) is 6.94. The minimum Gasteiger partial charge on any atom is -0.382 e. The van der Waals surface area contributed by atoms with Crippen LogP contribution in [0.25, 0.3) is 10.4 Å². The van der Waals surface area contributed by atoms with Gasteiger partial charge in [-0.2, -0.15) is 5.10 Å². The highest BCUT2D eigenvalue weighted by Gasteiger charge is 2.43. The highest BCUT2D eigenvalue weighted by molar-refractivity contribution is 7.13. The smallest absolute Gasteiger partial charge is 0.254 e. The van der Waals surface area contributed by atoms with Crippen molar-refractivity contribution in [3.63, 3.8) is 0 Å². The molecule has 1 saturated heterocycles. The molecule has 3 aromatic rings. The van der Waals surface area contributed by atoms with Crippen molar-refractivity contribution < 1.29 is 9.90 Å². The van der Waals surface area contributed by atoms with Gasteiger partial charge in [0, 0.05) is 66.9 Å². The minimum atomic E-state index is -0.994. The Balaban J connectivity index is 1.54. The Kier molecular flexibility index (Phi) is 4.61. The first-order valence-electron chi connectivity index (χ1n) is 9.10. The molecule has 0 aliphatic carbocycles. The average molecular weight is 385 g/mol. The number of amides is 1. The number of imidazole rings is 1. The van der Waals surface area contributed by atoms with Gasteiger partial charge in [0.15, 0.2) is 0 Å². The molecule has 7 nitrogen and oxygen atoms in total. The maximum atomic E-state index is 13.1. The van der Waals surface area contributed by atoms with Gasteiger partial charge in [-0.3, -0.25) is 9.89 Å². The van der Waals surface area contributed by atoms with E-state index in [1.54, 1.807) is 12.4 Å². The van der Waals surface area contributed by atoms with Gasteiger partial charge in [-0.05, 0) is 12.5 Å². The van der Waals surface area contributed by atoms with E-state index in [0.29, 0.717) is 30.8 Å². The van der Waals surface area contributed by atoms with Crippen molar-refractivity contribution >= 4 is 17.2 Å². The maximum Gasteiger partial charge on any atom is 0.254 e. The Morgan fingerprint density at radius 2 is 2.37 bits per heavy atom. The van der Waals surface area contributed by atoms with Crippen LogP contribution in [0.3, 0.4) is 0 Å². The Labute approximate surface area is 161 Å². The summed E-state index contributed by atoms with van der Waals surface area (Å²) in [7, 11) is 1.89. The van der Waals surface area contributed by atoms with Gasteiger partial charge in [-0.1, -0.05) is 6.92 Å². The largest absolute Gasteiger partial charge is 0.382 e. The monoisotopic (exact) mass is 385 g/mol. The summed E-state index contributed by atoms with van der Waals surface area (Å²) >= 11 is 1.54. The molecule has 1 aliphatic rings. The molecule has 0 bridgehead atoms. The lowest BCUT2D eigenvalue weighted by atomic mass is 9.84. The Morgan fingerprint density at radius 3 is 3.04 bits per heavy atom. The van der Waals surface area contributed by atoms with Crippen LogP contribution in [0.1, 0.15) is 42.4 Å². The molecule has 0 spiro atoms. The quantitative estimate of drug-likeness (QED) is 0.723. The lowest BCUT2D eigenvalue weighted by Crippen LogP contribution is -2.51. The van der Waals surface area contributed by atoms with Crippen molar-refractivity contribution in [3.05, 3.63) is 47.6 Å². The molecule has 1 aliphatic heterocycles. The van der Waals surface area contributed by atoms with Crippen LogP contribution in [0.4, 0.5) is 0 Å². The molecule has 3 aromatic heterocycles. The summed E-state index contributed by atoms with van der Waals surface area (Å²) in [5, 5.41) is 19.8. The van der Waals surface area contributed by atoms with E-state index < -0.39 is 5.60 Å². The molecular formula is C19H23N5O2S. The van der Waals surface area contributed by atoms with Gasteiger partial charge in [0.1, 0.15) is 11.4 Å². The Hall–Kier alpha value is -2.45. The number of aromatic amines is 1. The van der Waals surface area contributed by atoms with Gasteiger partial charge in [-0.25, -0.2) is 4.98 Å². The average Bonchev–Trinajstić information content (AvgIpc) is 3.41. The van der Waals surface area contributed by atoms with E-state index in [2.05, 4.69) is 22.1 Å². The van der Waals surface area contributed by atoms with Gasteiger partial charge in [0.2, 0.25) is 0 Å². The summed E-state index contributed by atoms with van der Waals surface area (Å²) in [6.07, 6.45) is 8.89. The number of thiophene rings is 1. The first-order chi connectivity index (χ1) is 13.0. The van der Waals surface area contributed by atoms with Crippen molar-refractivity contribution in [2.45, 2.75) is 37.8 Å². The van der Waals surface area contributed by atoms with Gasteiger partial charge in [0.05, 0.1) is 11.8 Å². The van der Waals surface area contributed by atoms with Crippen LogP contribution in [-0.2, 0) is 12.6 Å². The number of likely N-dealkylation sites (tertiary alicyclic amines) is 1. The SMILES string of the molecule is CCC1CC(O)(c2nccn2C)CCN1C(=O)c1csc(-c2cn[nH]c2)c1. The summed E-state index contributed by atoms with van der Waals surface area (Å²) in [6, 6.07) is 1.90. The fourth-order valence-electron chi connectivity index (χ4n) is 3.89. The summed E-state index contributed by atoms with van der Waals surface area (Å²) in [4.78, 5) is 20.4. The standard InChI is InChI=1S/C19H23N5O2S/c1-3-15-9-19(26,18-20-5-7-23(18)2)4-6-24(15)17(25)13-8-16(27-12-13)14-10-21-22-11-14/h5,7-8,10-12,15,26H,3-4,6,9H2,1-2H3,(H,21,22). The van der Waals surface area contributed by atoms with Gasteiger partial charge in [-0.15, -0.1) is 11.3 Å². The highest BCUT2D eigenvalue weighted by atomic mass is 32.1. The molecule has 2 atom stereocenters. The number of carbonyl (C=O) groups is 1. The van der Waals surface area contributed by atoms with Crippen LogP contribution in [-0.4, -0.2) is 48.2 Å². The lowest BCUT2D eigenvalue weighted by molar-refractivity contribution is -0.0521. The van der Waals surface area contributed by atoms with E-state index in [9.17, 15) is 9.90 Å². The summed E-state index contributed by atoms with van der Waals surface area (Å²) in [5.74, 6) is 0.695. The number of nitrogens with one attached hydrogen (secondary N) is 1. The van der Waals surface area contributed by atoms with E-state index in [0.717, 1.165) is 16.9 Å². The number of rotatable bonds is 4. The number of aliphatic hydroxyl groups is 1. The molecule has 27 heavy (non-hydrogen) atoms. The van der Waals surface area contributed by atoms with Crippen LogP contribution in [0.15, 0.2) is 36.2 Å². The molecular weight excluding hydrogens is 362 g/mol. The number of carbonyl (C=O) groups excluding carboxylic acids is 1. The van der Waals surface area contributed by atoms with Gasteiger partial charge in [0.25, 0.3) is 5.91 Å². The number of hydrogen-bond acceptors (Lipinski definition) is 5. The highest BCUT2D eigenvalue weighted by Crippen LogP contribution is 2.37. The first-order valence-corrected chi connectivity index (χ1v) is 9.98. The topological polar surface area (TPSA) is 87.0 Å². The molecule has 4 rings (SSSR count). The van der Waals surface area contributed by atoms with Crippen molar-refractivity contribution in [2.24, 2.45) is 7.05 Å². The van der Waals surface area contributed by atoms with Crippen LogP contribution < -0.4 is 0 Å². The number of aryl methyl sites for hydroxylation is 1. The zero-order valence-corrected chi connectivity index (χ0v) is 16.2. The molecule has 2 N–H and O–H groups in total. The Bertz CT molecular complexity index is 932. The summed E-state index contributed by atoms with van der Waals surface area (Å²) in [6.45, 7) is 2.57. The van der Waals surface area contributed by atoms with E-state index in [-0.39, 0.29) is 11.9 Å². The summed E-state index contributed by atoms with van der Waals surface area (Å²) in [5.41, 5.74) is 0.678. The zero-order chi connectivity index (χ0) is 19.0. The normalized spacial score (nSPS) is 22.9. The molecule has 8 heteroatoms. The third-order valence-corrected chi connectivity index (χ3v) is 6.36. The van der Waals surface area contributed by atoms with Crippen molar-refractivity contribution in [1.82, 2.24) is 24.6 Å². The number of nitrogens with zero attached hydrogens (tertiary/aromatic N) is 4. The number of H-pyrrole nitrogens is 1. The van der Waals surface area contributed by atoms with Crippen LogP contribution in [0, 0.1) is 0 Å². The van der Waals surface area contributed by atoms with Crippen LogP contribution >= 0.6 is 11.3 Å². The summed E-state index contributed by atoms with van der Waals surface area (Å²) < 4.78 is 1.86. The molecule has 4 heterocycles. The molecule has 1 amide bonds. The first kappa shape index (κ1) is 17.9. The van der Waals surface area contributed by atoms with Crippen molar-refractivity contribution in [2.75, 3.05) is 6.54 Å². The number of piperidine rings is 1. The van der Waals surface area contributed by atoms with Crippen molar-refractivity contribution in [1.29, 1.82) is 0 Å². The minimum absolute atomic E-state index is 0.0229. The second-order valence-corrected chi connectivity index (χ2v) is 8.01. The third-order valence-electron chi connectivity index (χ3n) is 5.38. The van der Waals surface area contributed by atoms with E-state index in [1.807, 2.05) is 40.4 Å². The Morgan fingerprint density at radius 1 is 1.52 bits per heavy atom. The van der Waals surface area contributed by atoms with Crippen molar-refractivity contribution in [3.8, 4) is 10.4 Å². The fraction of sp³-hybridized carbons (Fsp3) is 0.421. The van der Waals surface area contributed by atoms with Crippen LogP contribution in [0.5, 0.6) is 0 Å². The second-order valence-electron chi connectivity index (χ2n) is 7.09. The molecule has 1 fully saturated rings. The predicted octanol–water partition coefficient (Wildman–Crippen LogP) is 2.77. The van der Waals surface area contributed by atoms with E-state index in [4.69, 9.17) is 0 Å². The third kappa shape index (κ3) is 3.19. The van der Waals surface area contributed by atoms with Gasteiger partial charge >= 0.3 is 0 Å². The van der Waals surface area contributed by atoms with Gasteiger partial charge < -0.3 is 14.6 Å². The number of aromatic nitrogens is 4. The zero-order valence-electron chi connectivity index (χ0n) is 15.4. The van der Waals surface area contributed by atoms with E-state index >= 15 is 0 Å². The molecule has 0 aromatic carbocycles. The lowest BCUT2D eigenvalue weighted by Gasteiger charge is -2.43. The van der Waals surface area contributed by atoms with E-state index in [1.165, 1.54) is 11.3 Å². The molecule has 142 valence electrons. The predicted molar refractivity (Wildman–Crippen MR) is 103 cm³/mol. The number of hydrogen-bond donors (Lipinski definition) is 2. The molecule has 0 saturated carbocycles.